The van der Waals surface area contributed by atoms with Crippen LogP contribution in [0.4, 0.5) is 11.5 Å². The first kappa shape index (κ1) is 23.3. The number of anilines is 2. The monoisotopic (exact) mass is 508 g/mol. The van der Waals surface area contributed by atoms with Gasteiger partial charge in [-0.2, -0.15) is 0 Å². The number of nitrogens with one attached hydrogen (secondary N) is 2. The third-order valence-electron chi connectivity index (χ3n) is 6.32. The number of aryl methyl sites for hydroxylation is 1. The number of carbonyl (C=O) groups excluding carboxylic acids is 1. The Balaban J connectivity index is 1.34. The summed E-state index contributed by atoms with van der Waals surface area (Å²) in [6.07, 6.45) is 6.66. The molecule has 0 unspecified atom stereocenters. The van der Waals surface area contributed by atoms with Crippen molar-refractivity contribution in [3.05, 3.63) is 70.0 Å². The normalized spacial score (nSPS) is 14.3. The Kier molecular flexibility index (Phi) is 6.70. The lowest BCUT2D eigenvalue weighted by molar-refractivity contribution is -0.127. The van der Waals surface area contributed by atoms with E-state index in [-0.39, 0.29) is 5.91 Å². The molecule has 3 aromatic heterocycles. The van der Waals surface area contributed by atoms with Crippen LogP contribution in [0.5, 0.6) is 5.75 Å². The van der Waals surface area contributed by atoms with Crippen LogP contribution in [0.15, 0.2) is 48.9 Å². The highest BCUT2D eigenvalue weighted by molar-refractivity contribution is 7.09. The summed E-state index contributed by atoms with van der Waals surface area (Å²) in [6.45, 7) is 7.40. The number of rotatable bonds is 7. The number of hydrogen-bond donors (Lipinski definition) is 2. The highest BCUT2D eigenvalue weighted by atomic mass is 35.5. The number of benzene rings is 1. The Morgan fingerprint density at radius 1 is 1.34 bits per heavy atom. The number of amides is 1. The number of fused-ring (bicyclic) bond motifs is 1. The van der Waals surface area contributed by atoms with Gasteiger partial charge < -0.3 is 19.9 Å². The van der Waals surface area contributed by atoms with Crippen molar-refractivity contribution in [2.24, 2.45) is 0 Å². The van der Waals surface area contributed by atoms with E-state index < -0.39 is 0 Å². The third kappa shape index (κ3) is 4.87. The predicted octanol–water partition coefficient (Wildman–Crippen LogP) is 5.59. The van der Waals surface area contributed by atoms with Crippen LogP contribution in [0.25, 0.3) is 11.0 Å². The van der Waals surface area contributed by atoms with Gasteiger partial charge in [-0.25, -0.2) is 15.0 Å². The predicted molar refractivity (Wildman–Crippen MR) is 139 cm³/mol. The molecule has 1 aliphatic heterocycles. The first-order valence-electron chi connectivity index (χ1n) is 11.3. The van der Waals surface area contributed by atoms with Crippen LogP contribution in [-0.4, -0.2) is 43.8 Å². The molecule has 5 rings (SSSR count). The summed E-state index contributed by atoms with van der Waals surface area (Å²) < 4.78 is 5.88. The minimum absolute atomic E-state index is 0.0147. The van der Waals surface area contributed by atoms with Gasteiger partial charge in [0, 0.05) is 29.9 Å². The van der Waals surface area contributed by atoms with Crippen molar-refractivity contribution in [1.82, 2.24) is 24.8 Å². The van der Waals surface area contributed by atoms with Gasteiger partial charge >= 0.3 is 0 Å². The number of H-pyrrole nitrogens is 1. The van der Waals surface area contributed by atoms with Crippen LogP contribution in [0.2, 0.25) is 5.02 Å². The fraction of sp³-hybridized carbons (Fsp3) is 0.280. The average Bonchev–Trinajstić information content (AvgIpc) is 3.50. The lowest BCUT2D eigenvalue weighted by atomic mass is 9.89. The summed E-state index contributed by atoms with van der Waals surface area (Å²) in [5.74, 6) is 1.59. The number of carbonyl (C=O) groups is 1. The van der Waals surface area contributed by atoms with Gasteiger partial charge in [0.2, 0.25) is 5.91 Å². The van der Waals surface area contributed by atoms with Crippen LogP contribution in [0.1, 0.15) is 34.9 Å². The summed E-state index contributed by atoms with van der Waals surface area (Å²) in [5.41, 5.74) is 5.44. The molecule has 2 N–H and O–H groups in total. The van der Waals surface area contributed by atoms with Crippen LogP contribution in [0, 0.1) is 6.92 Å². The van der Waals surface area contributed by atoms with Crippen molar-refractivity contribution in [3.8, 4) is 5.75 Å². The summed E-state index contributed by atoms with van der Waals surface area (Å²) in [7, 11) is 0. The topological polar surface area (TPSA) is 96.0 Å². The van der Waals surface area contributed by atoms with Crippen molar-refractivity contribution < 1.29 is 9.53 Å². The van der Waals surface area contributed by atoms with Crippen molar-refractivity contribution in [3.63, 3.8) is 0 Å². The molecule has 0 atom stereocenters. The molecule has 0 saturated carbocycles. The van der Waals surface area contributed by atoms with E-state index in [0.29, 0.717) is 42.2 Å². The van der Waals surface area contributed by atoms with E-state index >= 15 is 0 Å². The molecule has 1 amide bonds. The van der Waals surface area contributed by atoms with Crippen molar-refractivity contribution in [2.75, 3.05) is 18.4 Å². The van der Waals surface area contributed by atoms with Gasteiger partial charge in [0.15, 0.2) is 0 Å². The number of ether oxygens (including phenoxy) is 1. The quantitative estimate of drug-likeness (QED) is 0.316. The van der Waals surface area contributed by atoms with Crippen molar-refractivity contribution in [2.45, 2.75) is 32.3 Å². The zero-order valence-corrected chi connectivity index (χ0v) is 20.8. The summed E-state index contributed by atoms with van der Waals surface area (Å²) in [5, 5.41) is 4.85. The number of thiazole rings is 1. The van der Waals surface area contributed by atoms with Gasteiger partial charge in [-0.05, 0) is 55.5 Å². The molecule has 8 nitrogen and oxygen atoms in total. The highest BCUT2D eigenvalue weighted by Gasteiger charge is 2.26. The molecule has 0 bridgehead atoms. The molecule has 35 heavy (non-hydrogen) atoms. The molecule has 180 valence electrons. The first-order chi connectivity index (χ1) is 17.0. The van der Waals surface area contributed by atoms with Gasteiger partial charge in [-0.15, -0.1) is 11.3 Å². The number of halogens is 1. The number of nitrogens with zero attached hydrogens (tertiary/aromatic N) is 4. The maximum atomic E-state index is 11.9. The van der Waals surface area contributed by atoms with E-state index in [9.17, 15) is 4.79 Å². The molecule has 1 saturated heterocycles. The lowest BCUT2D eigenvalue weighted by Gasteiger charge is -2.31. The molecule has 1 fully saturated rings. The number of aromatic nitrogens is 4. The van der Waals surface area contributed by atoms with Crippen LogP contribution in [-0.2, 0) is 11.4 Å². The Labute approximate surface area is 212 Å². The minimum atomic E-state index is -0.0147. The molecule has 0 radical (unpaired) electrons. The van der Waals surface area contributed by atoms with Crippen molar-refractivity contribution in [1.29, 1.82) is 0 Å². The number of aromatic amines is 1. The van der Waals surface area contributed by atoms with Crippen LogP contribution >= 0.6 is 22.9 Å². The maximum Gasteiger partial charge on any atom is 0.245 e. The number of piperidine rings is 1. The standard InChI is InChI=1S/C25H25ClN6O2S/c1-3-22(33)32-8-6-16(7-9-32)18-11-27-24-23(18)25(29-13-28-24)31-17-4-5-21(19(26)10-17)34-12-20-15(2)35-14-30-20/h3-5,10-11,13-14,16H,1,6-9,12H2,2H3,(H2,27,28,29,31). The maximum absolute atomic E-state index is 11.9. The Morgan fingerprint density at radius 2 is 2.17 bits per heavy atom. The first-order valence-corrected chi connectivity index (χ1v) is 12.6. The van der Waals surface area contributed by atoms with Crippen molar-refractivity contribution >= 4 is 51.4 Å². The molecule has 1 aliphatic rings. The Bertz CT molecular complexity index is 1380. The largest absolute Gasteiger partial charge is 0.486 e. The molecule has 4 heterocycles. The van der Waals surface area contributed by atoms with E-state index in [2.05, 4.69) is 31.8 Å². The fourth-order valence-electron chi connectivity index (χ4n) is 4.39. The van der Waals surface area contributed by atoms with Gasteiger partial charge in [-0.1, -0.05) is 18.2 Å². The summed E-state index contributed by atoms with van der Waals surface area (Å²) in [6, 6.07) is 5.58. The molecule has 4 aromatic rings. The Hall–Kier alpha value is -3.43. The van der Waals surface area contributed by atoms with Crippen LogP contribution in [0.3, 0.4) is 0 Å². The zero-order valence-electron chi connectivity index (χ0n) is 19.3. The second-order valence-corrected chi connectivity index (χ2v) is 9.87. The molecule has 0 spiro atoms. The minimum Gasteiger partial charge on any atom is -0.486 e. The smallest absolute Gasteiger partial charge is 0.245 e. The summed E-state index contributed by atoms with van der Waals surface area (Å²) >= 11 is 8.11. The zero-order chi connectivity index (χ0) is 24.4. The fourth-order valence-corrected chi connectivity index (χ4v) is 5.21. The number of likely N-dealkylation sites (tertiary alicyclic amines) is 1. The van der Waals surface area contributed by atoms with Gasteiger partial charge in [0.05, 0.1) is 21.6 Å². The van der Waals surface area contributed by atoms with E-state index in [1.165, 1.54) is 12.4 Å². The van der Waals surface area contributed by atoms with E-state index in [4.69, 9.17) is 16.3 Å². The third-order valence-corrected chi connectivity index (χ3v) is 7.42. The molecule has 10 heteroatoms. The summed E-state index contributed by atoms with van der Waals surface area (Å²) in [4.78, 5) is 31.4. The van der Waals surface area contributed by atoms with Gasteiger partial charge in [0.25, 0.3) is 0 Å². The lowest BCUT2D eigenvalue weighted by Crippen LogP contribution is -2.36. The van der Waals surface area contributed by atoms with Gasteiger partial charge in [-0.3, -0.25) is 4.79 Å². The molecule has 1 aromatic carbocycles. The van der Waals surface area contributed by atoms with E-state index in [1.54, 1.807) is 11.3 Å². The van der Waals surface area contributed by atoms with Crippen LogP contribution < -0.4 is 10.1 Å². The van der Waals surface area contributed by atoms with E-state index in [1.807, 2.05) is 41.7 Å². The van der Waals surface area contributed by atoms with Gasteiger partial charge in [0.1, 0.15) is 30.1 Å². The van der Waals surface area contributed by atoms with E-state index in [0.717, 1.165) is 45.7 Å². The Morgan fingerprint density at radius 3 is 2.89 bits per heavy atom. The molecular formula is C25H25ClN6O2S. The second-order valence-electron chi connectivity index (χ2n) is 8.41. The average molecular weight is 509 g/mol. The highest BCUT2D eigenvalue weighted by Crippen LogP contribution is 2.37. The second kappa shape index (κ2) is 10.1. The molecular weight excluding hydrogens is 484 g/mol. The SMILES string of the molecule is C=CC(=O)N1CCC(c2c[nH]c3ncnc(Nc4ccc(OCc5ncsc5C)c(Cl)c4)c23)CC1. The number of hydrogen-bond acceptors (Lipinski definition) is 7. The molecule has 0 aliphatic carbocycles.